The summed E-state index contributed by atoms with van der Waals surface area (Å²) in [5, 5.41) is 0. The lowest BCUT2D eigenvalue weighted by Gasteiger charge is -2.26. The quantitative estimate of drug-likeness (QED) is 0.294. The minimum Gasteiger partial charge on any atom is -0.300 e. The van der Waals surface area contributed by atoms with Crippen LogP contribution in [0.2, 0.25) is 0 Å². The van der Waals surface area contributed by atoms with E-state index >= 15 is 0 Å². The van der Waals surface area contributed by atoms with E-state index in [0.717, 1.165) is 0 Å². The zero-order chi connectivity index (χ0) is 10.4. The van der Waals surface area contributed by atoms with Crippen molar-refractivity contribution in [2.45, 2.75) is 46.6 Å². The molecule has 0 saturated heterocycles. The van der Waals surface area contributed by atoms with Gasteiger partial charge >= 0.3 is 0 Å². The Balaban J connectivity index is 4.50. The summed E-state index contributed by atoms with van der Waals surface area (Å²) in [7, 11) is 0. The molecule has 0 aliphatic rings. The van der Waals surface area contributed by atoms with E-state index in [9.17, 15) is 0 Å². The van der Waals surface area contributed by atoms with Gasteiger partial charge in [0.15, 0.2) is 0 Å². The summed E-state index contributed by atoms with van der Waals surface area (Å²) in [5.41, 5.74) is 0. The molecule has 0 amide bonds. The molecule has 0 radical (unpaired) electrons. The van der Waals surface area contributed by atoms with Crippen molar-refractivity contribution in [1.29, 1.82) is 0 Å². The van der Waals surface area contributed by atoms with E-state index in [1.165, 1.54) is 18.7 Å². The molecule has 78 valence electrons. The highest BCUT2D eigenvalue weighted by Crippen LogP contribution is 2.20. The van der Waals surface area contributed by atoms with Gasteiger partial charge < -0.3 is 0 Å². The molecule has 0 unspecified atom stereocenters. The van der Waals surface area contributed by atoms with Crippen LogP contribution in [0.15, 0.2) is 3.21 Å². The summed E-state index contributed by atoms with van der Waals surface area (Å²) in [6, 6.07) is 0.523. The van der Waals surface area contributed by atoms with Crippen LogP contribution in [0.25, 0.3) is 0 Å². The van der Waals surface area contributed by atoms with Crippen LogP contribution >= 0.6 is 45.7 Å². The summed E-state index contributed by atoms with van der Waals surface area (Å²) in [6.45, 7) is 8.83. The number of rotatable bonds is 4. The number of hydrogen-bond acceptors (Lipinski definition) is 1. The van der Waals surface area contributed by atoms with Gasteiger partial charge in [-0.2, -0.15) is 0 Å². The van der Waals surface area contributed by atoms with Gasteiger partial charge in [-0.3, -0.25) is 3.11 Å². The Kier molecular flexibility index (Phi) is 7.77. The molecule has 0 aromatic rings. The Morgan fingerprint density at radius 2 is 1.77 bits per heavy atom. The number of hydrogen-bond donors (Lipinski definition) is 0. The van der Waals surface area contributed by atoms with E-state index in [0.29, 0.717) is 12.0 Å². The fourth-order valence-corrected chi connectivity index (χ4v) is 2.74. The average Bonchev–Trinajstić information content (AvgIpc) is 2.12. The minimum absolute atomic E-state index is 0.523. The third-order valence-corrected chi connectivity index (χ3v) is 4.21. The molecule has 0 aromatic carbocycles. The molecule has 2 nitrogen and oxygen atoms in total. The lowest BCUT2D eigenvalue weighted by atomic mass is 10.0. The summed E-state index contributed by atoms with van der Waals surface area (Å²) >= 11 is 4.45. The highest BCUT2D eigenvalue weighted by atomic mass is 127. The third-order valence-electron chi connectivity index (χ3n) is 2.11. The van der Waals surface area contributed by atoms with Crippen LogP contribution in [0.3, 0.4) is 0 Å². The maximum atomic E-state index is 4.36. The zero-order valence-electron chi connectivity index (χ0n) is 8.72. The normalized spacial score (nSPS) is 12.8. The topological polar surface area (TPSA) is 15.6 Å². The molecule has 0 fully saturated rings. The lowest BCUT2D eigenvalue weighted by Crippen LogP contribution is -2.32. The van der Waals surface area contributed by atoms with Gasteiger partial charge in [-0.1, -0.05) is 13.8 Å². The van der Waals surface area contributed by atoms with Crippen LogP contribution in [-0.4, -0.2) is 15.0 Å². The molecule has 0 saturated carbocycles. The van der Waals surface area contributed by atoms with Crippen LogP contribution in [0.1, 0.15) is 40.5 Å². The highest BCUT2D eigenvalue weighted by molar-refractivity contribution is 14.1. The SMILES string of the molecule is CCC(CC)/C(=N/I)N(I)C(C)C. The molecule has 0 aromatic heterocycles. The molecule has 0 aliphatic heterocycles. The fraction of sp³-hybridized carbons (Fsp3) is 0.889. The smallest absolute Gasteiger partial charge is 0.123 e. The van der Waals surface area contributed by atoms with Crippen LogP contribution in [0.5, 0.6) is 0 Å². The Hall–Kier alpha value is 0.930. The Morgan fingerprint density at radius 1 is 1.31 bits per heavy atom. The van der Waals surface area contributed by atoms with Crippen molar-refractivity contribution < 1.29 is 0 Å². The van der Waals surface area contributed by atoms with E-state index in [1.807, 2.05) is 0 Å². The summed E-state index contributed by atoms with van der Waals surface area (Å²) in [4.78, 5) is 0. The first kappa shape index (κ1) is 13.9. The predicted octanol–water partition coefficient (Wildman–Crippen LogP) is 4.23. The van der Waals surface area contributed by atoms with Crippen LogP contribution in [0.4, 0.5) is 0 Å². The number of amidine groups is 1. The maximum Gasteiger partial charge on any atom is 0.123 e. The van der Waals surface area contributed by atoms with Gasteiger partial charge in [-0.05, 0) is 26.7 Å². The summed E-state index contributed by atoms with van der Waals surface area (Å²) in [5.74, 6) is 1.83. The van der Waals surface area contributed by atoms with E-state index in [4.69, 9.17) is 0 Å². The van der Waals surface area contributed by atoms with Crippen molar-refractivity contribution in [2.75, 3.05) is 0 Å². The van der Waals surface area contributed by atoms with Crippen molar-refractivity contribution in [3.8, 4) is 0 Å². The average molecular weight is 408 g/mol. The van der Waals surface area contributed by atoms with Crippen LogP contribution in [-0.2, 0) is 0 Å². The number of nitrogens with zero attached hydrogens (tertiary/aromatic N) is 2. The van der Waals surface area contributed by atoms with E-state index in [2.05, 4.69) is 79.7 Å². The van der Waals surface area contributed by atoms with E-state index in [-0.39, 0.29) is 0 Å². The second-order valence-corrected chi connectivity index (χ2v) is 4.88. The monoisotopic (exact) mass is 408 g/mol. The van der Waals surface area contributed by atoms with Gasteiger partial charge in [0.25, 0.3) is 0 Å². The Bertz CT molecular complexity index is 161. The van der Waals surface area contributed by atoms with Crippen LogP contribution < -0.4 is 0 Å². The first-order valence-corrected chi connectivity index (χ1v) is 6.65. The van der Waals surface area contributed by atoms with Crippen molar-refractivity contribution >= 4 is 51.6 Å². The van der Waals surface area contributed by atoms with Gasteiger partial charge in [-0.15, -0.1) is 0 Å². The molecule has 13 heavy (non-hydrogen) atoms. The van der Waals surface area contributed by atoms with Crippen molar-refractivity contribution in [3.05, 3.63) is 0 Å². The van der Waals surface area contributed by atoms with Crippen molar-refractivity contribution in [1.82, 2.24) is 3.11 Å². The first-order valence-electron chi connectivity index (χ1n) is 4.72. The second kappa shape index (κ2) is 7.25. The van der Waals surface area contributed by atoms with Crippen molar-refractivity contribution in [3.63, 3.8) is 0 Å². The molecule has 0 rings (SSSR count). The maximum absolute atomic E-state index is 4.36. The Labute approximate surface area is 110 Å². The van der Waals surface area contributed by atoms with Gasteiger partial charge in [0.1, 0.15) is 5.84 Å². The molecule has 0 bridgehead atoms. The first-order chi connectivity index (χ1) is 6.08. The molecular formula is C9H18I2N2. The standard InChI is InChI=1S/C9H18I2N2/c1-5-8(6-2)9(12-10)13(11)7(3)4/h7-8H,5-6H2,1-4H3/b12-9-. The summed E-state index contributed by atoms with van der Waals surface area (Å²) in [6.07, 6.45) is 2.34. The van der Waals surface area contributed by atoms with Crippen LogP contribution in [0, 0.1) is 5.92 Å². The van der Waals surface area contributed by atoms with Gasteiger partial charge in [-0.25, -0.2) is 3.21 Å². The molecular weight excluding hydrogens is 390 g/mol. The molecule has 0 atom stereocenters. The van der Waals surface area contributed by atoms with Crippen molar-refractivity contribution in [2.24, 2.45) is 9.12 Å². The molecule has 0 heterocycles. The Morgan fingerprint density at radius 3 is 2.00 bits per heavy atom. The molecule has 0 N–H and O–H groups in total. The molecule has 0 aliphatic carbocycles. The predicted molar refractivity (Wildman–Crippen MR) is 76.5 cm³/mol. The largest absolute Gasteiger partial charge is 0.300 e. The van der Waals surface area contributed by atoms with Gasteiger partial charge in [0.05, 0.1) is 45.7 Å². The second-order valence-electron chi connectivity index (χ2n) is 3.36. The molecule has 4 heteroatoms. The summed E-state index contributed by atoms with van der Waals surface area (Å²) < 4.78 is 6.59. The van der Waals surface area contributed by atoms with E-state index in [1.54, 1.807) is 0 Å². The number of halogens is 2. The lowest BCUT2D eigenvalue weighted by molar-refractivity contribution is 0.522. The molecule has 0 spiro atoms. The van der Waals surface area contributed by atoms with Gasteiger partial charge in [0, 0.05) is 12.0 Å². The zero-order valence-corrected chi connectivity index (χ0v) is 13.0. The highest BCUT2D eigenvalue weighted by Gasteiger charge is 2.19. The van der Waals surface area contributed by atoms with E-state index < -0.39 is 0 Å². The minimum atomic E-state index is 0.523. The van der Waals surface area contributed by atoms with Gasteiger partial charge in [0.2, 0.25) is 0 Å². The fourth-order valence-electron chi connectivity index (χ4n) is 1.20. The third kappa shape index (κ3) is 4.31.